The number of hydrogen-bond donors (Lipinski definition) is 1. The molecule has 1 amide bonds. The second kappa shape index (κ2) is 7.75. The summed E-state index contributed by atoms with van der Waals surface area (Å²) in [6.45, 7) is 4.37. The van der Waals surface area contributed by atoms with Gasteiger partial charge in [-0.25, -0.2) is 4.39 Å². The van der Waals surface area contributed by atoms with E-state index < -0.39 is 0 Å². The van der Waals surface area contributed by atoms with Gasteiger partial charge in [0.2, 0.25) is 5.91 Å². The van der Waals surface area contributed by atoms with E-state index in [4.69, 9.17) is 18.0 Å². The Kier molecular flexibility index (Phi) is 6.31. The van der Waals surface area contributed by atoms with Crippen molar-refractivity contribution >= 4 is 29.2 Å². The molecule has 108 valence electrons. The standard InChI is InChI=1S/C15H19FN2OS/c1-11(2)18(10-9-14(17)20)15(19)8-5-12-3-6-13(16)7-4-12/h3-8,11H,9-10H2,1-2H3,(H2,17,20)/b8-5+. The number of thiocarbonyl (C=S) groups is 1. The zero-order valence-corrected chi connectivity index (χ0v) is 12.5. The predicted molar refractivity (Wildman–Crippen MR) is 83.7 cm³/mol. The van der Waals surface area contributed by atoms with Gasteiger partial charge in [0, 0.05) is 25.1 Å². The summed E-state index contributed by atoms with van der Waals surface area (Å²) in [5, 5.41) is 0. The van der Waals surface area contributed by atoms with E-state index in [2.05, 4.69) is 0 Å². The molecule has 1 aromatic carbocycles. The van der Waals surface area contributed by atoms with Crippen LogP contribution >= 0.6 is 12.2 Å². The van der Waals surface area contributed by atoms with E-state index >= 15 is 0 Å². The number of benzene rings is 1. The van der Waals surface area contributed by atoms with Crippen molar-refractivity contribution in [2.75, 3.05) is 6.54 Å². The maximum absolute atomic E-state index is 12.8. The first-order valence-electron chi connectivity index (χ1n) is 6.42. The topological polar surface area (TPSA) is 46.3 Å². The number of halogens is 1. The van der Waals surface area contributed by atoms with Gasteiger partial charge in [-0.3, -0.25) is 4.79 Å². The summed E-state index contributed by atoms with van der Waals surface area (Å²) in [7, 11) is 0. The van der Waals surface area contributed by atoms with Crippen LogP contribution < -0.4 is 5.73 Å². The summed E-state index contributed by atoms with van der Waals surface area (Å²) >= 11 is 4.83. The highest BCUT2D eigenvalue weighted by molar-refractivity contribution is 7.80. The van der Waals surface area contributed by atoms with Crippen molar-refractivity contribution in [3.63, 3.8) is 0 Å². The maximum Gasteiger partial charge on any atom is 0.246 e. The van der Waals surface area contributed by atoms with Crippen LogP contribution in [0.1, 0.15) is 25.8 Å². The molecular weight excluding hydrogens is 275 g/mol. The molecule has 0 fully saturated rings. The highest BCUT2D eigenvalue weighted by Gasteiger charge is 2.14. The summed E-state index contributed by atoms with van der Waals surface area (Å²) in [5.74, 6) is -0.408. The van der Waals surface area contributed by atoms with E-state index in [0.29, 0.717) is 18.0 Å². The van der Waals surface area contributed by atoms with Crippen LogP contribution in [0.5, 0.6) is 0 Å². The van der Waals surface area contributed by atoms with E-state index in [9.17, 15) is 9.18 Å². The predicted octanol–water partition coefficient (Wildman–Crippen LogP) is 2.75. The normalized spacial score (nSPS) is 11.0. The van der Waals surface area contributed by atoms with E-state index in [0.717, 1.165) is 5.56 Å². The highest BCUT2D eigenvalue weighted by Crippen LogP contribution is 2.07. The van der Waals surface area contributed by atoms with E-state index in [1.54, 1.807) is 23.1 Å². The zero-order chi connectivity index (χ0) is 15.1. The minimum Gasteiger partial charge on any atom is -0.393 e. The number of carbonyl (C=O) groups excluding carboxylic acids is 1. The Bertz CT molecular complexity index is 497. The van der Waals surface area contributed by atoms with E-state index in [-0.39, 0.29) is 17.8 Å². The molecule has 0 aliphatic carbocycles. The second-order valence-corrected chi connectivity index (χ2v) is 5.25. The van der Waals surface area contributed by atoms with Crippen LogP contribution in [0.4, 0.5) is 4.39 Å². The third-order valence-electron chi connectivity index (χ3n) is 2.79. The Morgan fingerprint density at radius 1 is 1.40 bits per heavy atom. The molecule has 20 heavy (non-hydrogen) atoms. The van der Waals surface area contributed by atoms with Crippen molar-refractivity contribution in [1.82, 2.24) is 4.90 Å². The van der Waals surface area contributed by atoms with Crippen LogP contribution in [-0.4, -0.2) is 28.4 Å². The summed E-state index contributed by atoms with van der Waals surface area (Å²) in [4.78, 5) is 14.2. The SMILES string of the molecule is CC(C)N(CCC(N)=S)C(=O)/C=C/c1ccc(F)cc1. The van der Waals surface area contributed by atoms with Crippen molar-refractivity contribution in [3.8, 4) is 0 Å². The third-order valence-corrected chi connectivity index (χ3v) is 3.00. The Hall–Kier alpha value is -1.75. The van der Waals surface area contributed by atoms with Gasteiger partial charge in [0.15, 0.2) is 0 Å². The van der Waals surface area contributed by atoms with Gasteiger partial charge < -0.3 is 10.6 Å². The van der Waals surface area contributed by atoms with Crippen LogP contribution in [0.15, 0.2) is 30.3 Å². The molecule has 0 aliphatic heterocycles. The number of amides is 1. The van der Waals surface area contributed by atoms with Gasteiger partial charge in [-0.15, -0.1) is 0 Å². The summed E-state index contributed by atoms with van der Waals surface area (Å²) in [5.41, 5.74) is 6.24. The molecule has 0 bridgehead atoms. The lowest BCUT2D eigenvalue weighted by Gasteiger charge is -2.25. The summed E-state index contributed by atoms with van der Waals surface area (Å²) < 4.78 is 12.8. The molecule has 0 aromatic heterocycles. The van der Waals surface area contributed by atoms with Gasteiger partial charge in [-0.1, -0.05) is 24.4 Å². The van der Waals surface area contributed by atoms with Gasteiger partial charge in [-0.2, -0.15) is 0 Å². The van der Waals surface area contributed by atoms with Gasteiger partial charge in [-0.05, 0) is 37.6 Å². The summed E-state index contributed by atoms with van der Waals surface area (Å²) in [6.07, 6.45) is 3.65. The first-order chi connectivity index (χ1) is 9.40. The van der Waals surface area contributed by atoms with Crippen molar-refractivity contribution in [3.05, 3.63) is 41.7 Å². The van der Waals surface area contributed by atoms with Gasteiger partial charge in [0.25, 0.3) is 0 Å². The molecule has 5 heteroatoms. The molecule has 0 unspecified atom stereocenters. The van der Waals surface area contributed by atoms with Crippen LogP contribution in [-0.2, 0) is 4.79 Å². The van der Waals surface area contributed by atoms with Crippen LogP contribution in [0, 0.1) is 5.82 Å². The first kappa shape index (κ1) is 16.3. The zero-order valence-electron chi connectivity index (χ0n) is 11.7. The molecule has 0 radical (unpaired) electrons. The lowest BCUT2D eigenvalue weighted by atomic mass is 10.2. The Balaban J connectivity index is 2.70. The highest BCUT2D eigenvalue weighted by atomic mass is 32.1. The quantitative estimate of drug-likeness (QED) is 0.648. The van der Waals surface area contributed by atoms with Crippen molar-refractivity contribution < 1.29 is 9.18 Å². The molecule has 0 saturated carbocycles. The molecule has 1 aromatic rings. The van der Waals surface area contributed by atoms with Crippen LogP contribution in [0.2, 0.25) is 0 Å². The number of nitrogens with two attached hydrogens (primary N) is 1. The number of carbonyl (C=O) groups is 1. The fourth-order valence-electron chi connectivity index (χ4n) is 1.69. The third kappa shape index (κ3) is 5.48. The van der Waals surface area contributed by atoms with E-state index in [1.807, 2.05) is 13.8 Å². The number of hydrogen-bond acceptors (Lipinski definition) is 2. The van der Waals surface area contributed by atoms with Gasteiger partial charge in [0.05, 0.1) is 4.99 Å². The Morgan fingerprint density at radius 3 is 2.50 bits per heavy atom. The molecule has 0 aliphatic rings. The molecule has 0 saturated heterocycles. The van der Waals surface area contributed by atoms with Crippen LogP contribution in [0.25, 0.3) is 6.08 Å². The summed E-state index contributed by atoms with van der Waals surface area (Å²) in [6, 6.07) is 6.02. The van der Waals surface area contributed by atoms with Crippen molar-refractivity contribution in [1.29, 1.82) is 0 Å². The van der Waals surface area contributed by atoms with Crippen molar-refractivity contribution in [2.24, 2.45) is 5.73 Å². The molecule has 1 rings (SSSR count). The largest absolute Gasteiger partial charge is 0.393 e. The van der Waals surface area contributed by atoms with E-state index in [1.165, 1.54) is 18.2 Å². The molecular formula is C15H19FN2OS. The average molecular weight is 294 g/mol. The molecule has 0 heterocycles. The molecule has 3 nitrogen and oxygen atoms in total. The first-order valence-corrected chi connectivity index (χ1v) is 6.83. The fourth-order valence-corrected chi connectivity index (χ4v) is 1.78. The molecule has 0 atom stereocenters. The van der Waals surface area contributed by atoms with Crippen molar-refractivity contribution in [2.45, 2.75) is 26.3 Å². The Morgan fingerprint density at radius 2 is 2.00 bits per heavy atom. The van der Waals surface area contributed by atoms with Gasteiger partial charge >= 0.3 is 0 Å². The number of nitrogens with zero attached hydrogens (tertiary/aromatic N) is 1. The molecule has 2 N–H and O–H groups in total. The minimum absolute atomic E-state index is 0.0646. The Labute approximate surface area is 124 Å². The minimum atomic E-state index is -0.297. The monoisotopic (exact) mass is 294 g/mol. The average Bonchev–Trinajstić information content (AvgIpc) is 2.37. The lowest BCUT2D eigenvalue weighted by molar-refractivity contribution is -0.127. The molecule has 0 spiro atoms. The van der Waals surface area contributed by atoms with Crippen LogP contribution in [0.3, 0.4) is 0 Å². The maximum atomic E-state index is 12.8. The smallest absolute Gasteiger partial charge is 0.246 e. The lowest BCUT2D eigenvalue weighted by Crippen LogP contribution is -2.37. The second-order valence-electron chi connectivity index (χ2n) is 4.73. The number of rotatable bonds is 6. The van der Waals surface area contributed by atoms with Gasteiger partial charge in [0.1, 0.15) is 5.82 Å². The fraction of sp³-hybridized carbons (Fsp3) is 0.333.